The Balaban J connectivity index is 1.77. The lowest BCUT2D eigenvalue weighted by Crippen LogP contribution is -2.36. The second kappa shape index (κ2) is 6.72. The summed E-state index contributed by atoms with van der Waals surface area (Å²) in [5, 5.41) is 25.4. The molecule has 2 aromatic rings. The number of benzene rings is 1. The Morgan fingerprint density at radius 2 is 2.17 bits per heavy atom. The molecule has 2 heterocycles. The first-order valence-electron chi connectivity index (χ1n) is 7.78. The SMILES string of the molecule is Cc1cc(C(=O)Nc2ccc(N3CCC(O)CC3)c(C#N)c2)on1. The van der Waals surface area contributed by atoms with Crippen molar-refractivity contribution in [2.75, 3.05) is 23.3 Å². The second-order valence-electron chi connectivity index (χ2n) is 5.85. The summed E-state index contributed by atoms with van der Waals surface area (Å²) < 4.78 is 4.92. The number of hydrogen-bond acceptors (Lipinski definition) is 6. The van der Waals surface area contributed by atoms with Crippen LogP contribution in [0.1, 0.15) is 34.7 Å². The molecule has 0 unspecified atom stereocenters. The first kappa shape index (κ1) is 16.0. The highest BCUT2D eigenvalue weighted by Gasteiger charge is 2.20. The molecular formula is C17H18N4O3. The highest BCUT2D eigenvalue weighted by Crippen LogP contribution is 2.27. The van der Waals surface area contributed by atoms with Crippen molar-refractivity contribution in [1.29, 1.82) is 5.26 Å². The number of aliphatic hydroxyl groups is 1. The van der Waals surface area contributed by atoms with Crippen molar-refractivity contribution < 1.29 is 14.4 Å². The highest BCUT2D eigenvalue weighted by molar-refractivity contribution is 6.02. The molecule has 0 radical (unpaired) electrons. The highest BCUT2D eigenvalue weighted by atomic mass is 16.5. The lowest BCUT2D eigenvalue weighted by atomic mass is 10.0. The van der Waals surface area contributed by atoms with E-state index in [1.54, 1.807) is 25.1 Å². The molecule has 0 spiro atoms. The average molecular weight is 326 g/mol. The molecule has 24 heavy (non-hydrogen) atoms. The minimum absolute atomic E-state index is 0.125. The molecular weight excluding hydrogens is 308 g/mol. The van der Waals surface area contributed by atoms with E-state index in [0.29, 0.717) is 42.9 Å². The summed E-state index contributed by atoms with van der Waals surface area (Å²) in [6.07, 6.45) is 1.11. The van der Waals surface area contributed by atoms with Gasteiger partial charge in [-0.1, -0.05) is 5.16 Å². The molecule has 0 aliphatic carbocycles. The molecule has 1 aromatic heterocycles. The summed E-state index contributed by atoms with van der Waals surface area (Å²) >= 11 is 0. The van der Waals surface area contributed by atoms with E-state index in [2.05, 4.69) is 21.4 Å². The molecule has 3 rings (SSSR count). The van der Waals surface area contributed by atoms with Crippen LogP contribution in [0, 0.1) is 18.3 Å². The Bertz CT molecular complexity index is 785. The zero-order valence-corrected chi connectivity index (χ0v) is 13.3. The molecule has 1 saturated heterocycles. The zero-order chi connectivity index (χ0) is 17.1. The van der Waals surface area contributed by atoms with Crippen molar-refractivity contribution in [3.05, 3.63) is 41.3 Å². The average Bonchev–Trinajstić information content (AvgIpc) is 3.02. The van der Waals surface area contributed by atoms with Crippen molar-refractivity contribution in [2.45, 2.75) is 25.9 Å². The van der Waals surface area contributed by atoms with Crippen LogP contribution in [0.25, 0.3) is 0 Å². The molecule has 2 N–H and O–H groups in total. The first-order chi connectivity index (χ1) is 11.6. The quantitative estimate of drug-likeness (QED) is 0.895. The molecule has 0 saturated carbocycles. The summed E-state index contributed by atoms with van der Waals surface area (Å²) in [5.74, 6) is -0.284. The molecule has 0 bridgehead atoms. The Morgan fingerprint density at radius 1 is 1.42 bits per heavy atom. The van der Waals surface area contributed by atoms with Gasteiger partial charge in [-0.2, -0.15) is 5.26 Å². The molecule has 124 valence electrons. The van der Waals surface area contributed by atoms with Crippen LogP contribution in [0.3, 0.4) is 0 Å². The molecule has 1 fully saturated rings. The van der Waals surface area contributed by atoms with Crippen molar-refractivity contribution in [1.82, 2.24) is 5.16 Å². The fraction of sp³-hybridized carbons (Fsp3) is 0.353. The third kappa shape index (κ3) is 3.39. The fourth-order valence-corrected chi connectivity index (χ4v) is 2.75. The van der Waals surface area contributed by atoms with Gasteiger partial charge in [-0.05, 0) is 38.0 Å². The number of anilines is 2. The van der Waals surface area contributed by atoms with E-state index in [9.17, 15) is 15.2 Å². The summed E-state index contributed by atoms with van der Waals surface area (Å²) in [7, 11) is 0. The van der Waals surface area contributed by atoms with Gasteiger partial charge in [0, 0.05) is 24.8 Å². The number of nitriles is 1. The Hall–Kier alpha value is -2.85. The largest absolute Gasteiger partial charge is 0.393 e. The number of carbonyl (C=O) groups excluding carboxylic acids is 1. The van der Waals surface area contributed by atoms with Crippen molar-refractivity contribution in [3.8, 4) is 6.07 Å². The maximum atomic E-state index is 12.1. The van der Waals surface area contributed by atoms with Gasteiger partial charge in [-0.15, -0.1) is 0 Å². The fourth-order valence-electron chi connectivity index (χ4n) is 2.75. The third-order valence-corrected chi connectivity index (χ3v) is 4.03. The van der Waals surface area contributed by atoms with Crippen LogP contribution in [0.15, 0.2) is 28.8 Å². The van der Waals surface area contributed by atoms with E-state index in [1.165, 1.54) is 0 Å². The first-order valence-corrected chi connectivity index (χ1v) is 7.78. The van der Waals surface area contributed by atoms with Crippen molar-refractivity contribution in [2.24, 2.45) is 0 Å². The predicted octanol–water partition coefficient (Wildman–Crippen LogP) is 2.07. The van der Waals surface area contributed by atoms with Crippen LogP contribution in [0.4, 0.5) is 11.4 Å². The van der Waals surface area contributed by atoms with Gasteiger partial charge in [0.05, 0.1) is 23.0 Å². The third-order valence-electron chi connectivity index (χ3n) is 4.03. The molecule has 1 aromatic carbocycles. The standard InChI is InChI=1S/C17H18N4O3/c1-11-8-16(24-20-11)17(23)19-13-2-3-15(12(9-13)10-18)21-6-4-14(22)5-7-21/h2-3,8-9,14,22H,4-7H2,1H3,(H,19,23). The molecule has 7 nitrogen and oxygen atoms in total. The Kier molecular flexibility index (Phi) is 4.49. The minimum Gasteiger partial charge on any atom is -0.393 e. The Labute approximate surface area is 139 Å². The summed E-state index contributed by atoms with van der Waals surface area (Å²) in [6, 6.07) is 8.93. The van der Waals surface area contributed by atoms with Gasteiger partial charge in [-0.25, -0.2) is 0 Å². The molecule has 0 atom stereocenters. The maximum Gasteiger partial charge on any atom is 0.294 e. The number of carbonyl (C=O) groups is 1. The Morgan fingerprint density at radius 3 is 2.79 bits per heavy atom. The van der Waals surface area contributed by atoms with Crippen LogP contribution in [-0.4, -0.2) is 35.4 Å². The number of piperidine rings is 1. The zero-order valence-electron chi connectivity index (χ0n) is 13.3. The number of hydrogen-bond donors (Lipinski definition) is 2. The summed E-state index contributed by atoms with van der Waals surface area (Å²) in [4.78, 5) is 14.2. The van der Waals surface area contributed by atoms with Crippen LogP contribution < -0.4 is 10.2 Å². The second-order valence-corrected chi connectivity index (χ2v) is 5.85. The van der Waals surface area contributed by atoms with Crippen molar-refractivity contribution in [3.63, 3.8) is 0 Å². The monoisotopic (exact) mass is 326 g/mol. The van der Waals surface area contributed by atoms with Crippen LogP contribution >= 0.6 is 0 Å². The van der Waals surface area contributed by atoms with E-state index in [-0.39, 0.29) is 11.9 Å². The number of nitrogens with one attached hydrogen (secondary N) is 1. The number of aromatic nitrogens is 1. The van der Waals surface area contributed by atoms with E-state index in [0.717, 1.165) is 5.69 Å². The van der Waals surface area contributed by atoms with Crippen LogP contribution in [0.5, 0.6) is 0 Å². The smallest absolute Gasteiger partial charge is 0.294 e. The number of aliphatic hydroxyl groups excluding tert-OH is 1. The summed E-state index contributed by atoms with van der Waals surface area (Å²) in [5.41, 5.74) is 2.45. The van der Waals surface area contributed by atoms with E-state index >= 15 is 0 Å². The van der Waals surface area contributed by atoms with E-state index in [1.807, 2.05) is 6.07 Å². The lowest BCUT2D eigenvalue weighted by molar-refractivity contribution is 0.0988. The number of rotatable bonds is 3. The molecule has 1 amide bonds. The van der Waals surface area contributed by atoms with Crippen molar-refractivity contribution >= 4 is 17.3 Å². The number of amides is 1. The minimum atomic E-state index is -0.409. The van der Waals surface area contributed by atoms with E-state index in [4.69, 9.17) is 4.52 Å². The number of nitrogens with zero attached hydrogens (tertiary/aromatic N) is 3. The summed E-state index contributed by atoms with van der Waals surface area (Å²) in [6.45, 7) is 3.15. The van der Waals surface area contributed by atoms with Gasteiger partial charge in [0.15, 0.2) is 0 Å². The van der Waals surface area contributed by atoms with E-state index < -0.39 is 5.91 Å². The lowest BCUT2D eigenvalue weighted by Gasteiger charge is -2.32. The van der Waals surface area contributed by atoms with Crippen LogP contribution in [-0.2, 0) is 0 Å². The van der Waals surface area contributed by atoms with Gasteiger partial charge >= 0.3 is 0 Å². The molecule has 1 aliphatic rings. The van der Waals surface area contributed by atoms with Crippen LogP contribution in [0.2, 0.25) is 0 Å². The number of aryl methyl sites for hydroxylation is 1. The maximum absolute atomic E-state index is 12.1. The predicted molar refractivity (Wildman–Crippen MR) is 87.8 cm³/mol. The van der Waals surface area contributed by atoms with Gasteiger partial charge < -0.3 is 19.8 Å². The van der Waals surface area contributed by atoms with Gasteiger partial charge in [0.25, 0.3) is 5.91 Å². The van der Waals surface area contributed by atoms with Gasteiger partial charge in [-0.3, -0.25) is 4.79 Å². The molecule has 7 heteroatoms. The normalized spacial score (nSPS) is 15.1. The van der Waals surface area contributed by atoms with Gasteiger partial charge in [0.2, 0.25) is 5.76 Å². The topological polar surface area (TPSA) is 102 Å². The molecule has 1 aliphatic heterocycles. The van der Waals surface area contributed by atoms with Gasteiger partial charge in [0.1, 0.15) is 6.07 Å².